The van der Waals surface area contributed by atoms with Gasteiger partial charge in [-0.1, -0.05) is 47.3 Å². The van der Waals surface area contributed by atoms with Gasteiger partial charge in [-0.05, 0) is 30.7 Å². The van der Waals surface area contributed by atoms with E-state index in [4.69, 9.17) is 14.2 Å². The lowest BCUT2D eigenvalue weighted by Gasteiger charge is -2.29. The van der Waals surface area contributed by atoms with Gasteiger partial charge in [0.2, 0.25) is 5.91 Å². The fraction of sp³-hybridized carbons (Fsp3) is 0.280. The Hall–Kier alpha value is -3.63. The Balaban J connectivity index is 1.46. The van der Waals surface area contributed by atoms with E-state index in [2.05, 4.69) is 15.4 Å². The average Bonchev–Trinajstić information content (AvgIpc) is 3.30. The third kappa shape index (κ3) is 5.39. The summed E-state index contributed by atoms with van der Waals surface area (Å²) < 4.78 is 12.1. The number of thioether (sulfide) groups is 1. The molecule has 0 bridgehead atoms. The molecular weight excluding hydrogens is 466 g/mol. The van der Waals surface area contributed by atoms with Gasteiger partial charge in [-0.2, -0.15) is 0 Å². The Bertz CT molecular complexity index is 1400. The smallest absolute Gasteiger partial charge is 0.262 e. The van der Waals surface area contributed by atoms with Gasteiger partial charge in [-0.3, -0.25) is 14.2 Å². The van der Waals surface area contributed by atoms with Crippen molar-refractivity contribution in [1.82, 2.24) is 14.7 Å². The minimum atomic E-state index is -0.258. The summed E-state index contributed by atoms with van der Waals surface area (Å²) in [5.41, 5.74) is 2.42. The number of fused-ring (bicyclic) bond motifs is 1. The van der Waals surface area contributed by atoms with Crippen molar-refractivity contribution in [3.63, 3.8) is 0 Å². The van der Waals surface area contributed by atoms with E-state index in [9.17, 15) is 9.59 Å². The minimum absolute atomic E-state index is 0.0739. The molecule has 35 heavy (non-hydrogen) atoms. The van der Waals surface area contributed by atoms with Crippen LogP contribution in [0.3, 0.4) is 0 Å². The maximum atomic E-state index is 13.7. The largest absolute Gasteiger partial charge is 0.378 e. The van der Waals surface area contributed by atoms with Crippen LogP contribution in [0.5, 0.6) is 0 Å². The zero-order valence-corrected chi connectivity index (χ0v) is 20.1. The molecule has 0 spiro atoms. The van der Waals surface area contributed by atoms with E-state index in [1.165, 1.54) is 11.8 Å². The Kier molecular flexibility index (Phi) is 6.82. The van der Waals surface area contributed by atoms with Crippen molar-refractivity contribution in [3.05, 3.63) is 76.3 Å². The van der Waals surface area contributed by atoms with Gasteiger partial charge in [0.05, 0.1) is 36.4 Å². The zero-order valence-electron chi connectivity index (χ0n) is 19.3. The topological polar surface area (TPSA) is 102 Å². The Morgan fingerprint density at radius 2 is 1.91 bits per heavy atom. The lowest BCUT2D eigenvalue weighted by Crippen LogP contribution is -2.36. The summed E-state index contributed by atoms with van der Waals surface area (Å²) in [4.78, 5) is 33.1. The van der Waals surface area contributed by atoms with Crippen molar-refractivity contribution in [2.45, 2.75) is 18.6 Å². The predicted molar refractivity (Wildman–Crippen MR) is 135 cm³/mol. The second-order valence-electron chi connectivity index (χ2n) is 8.23. The van der Waals surface area contributed by atoms with Crippen molar-refractivity contribution < 1.29 is 14.1 Å². The fourth-order valence-corrected chi connectivity index (χ4v) is 4.76. The molecule has 0 radical (unpaired) electrons. The summed E-state index contributed by atoms with van der Waals surface area (Å²) >= 11 is 1.22. The van der Waals surface area contributed by atoms with Crippen molar-refractivity contribution in [1.29, 1.82) is 0 Å². The molecule has 2 aromatic heterocycles. The molecule has 0 aliphatic carbocycles. The number of morpholine rings is 1. The second-order valence-corrected chi connectivity index (χ2v) is 9.17. The summed E-state index contributed by atoms with van der Waals surface area (Å²) in [5, 5.41) is 7.53. The number of aromatic nitrogens is 3. The Morgan fingerprint density at radius 1 is 1.11 bits per heavy atom. The molecule has 1 amide bonds. The van der Waals surface area contributed by atoms with Crippen LogP contribution in [0.1, 0.15) is 11.3 Å². The average molecular weight is 492 g/mol. The minimum Gasteiger partial charge on any atom is -0.378 e. The lowest BCUT2D eigenvalue weighted by molar-refractivity contribution is -0.113. The zero-order chi connectivity index (χ0) is 24.2. The summed E-state index contributed by atoms with van der Waals surface area (Å²) in [6.45, 7) is 5.01. The number of nitrogens with one attached hydrogen (secondary N) is 1. The number of carbonyl (C=O) groups is 1. The fourth-order valence-electron chi connectivity index (χ4n) is 3.96. The maximum absolute atomic E-state index is 13.7. The summed E-state index contributed by atoms with van der Waals surface area (Å²) in [6, 6.07) is 17.2. The molecule has 0 atom stereocenters. The van der Waals surface area contributed by atoms with E-state index < -0.39 is 0 Å². The van der Waals surface area contributed by atoms with Crippen LogP contribution >= 0.6 is 11.8 Å². The molecular formula is C25H25N5O4S. The lowest BCUT2D eigenvalue weighted by atomic mass is 10.2. The standard InChI is InChI=1S/C25H25N5O4S/c1-17-13-22(28-34-17)27-23(31)16-35-25-26-21-8-7-19(29-9-11-33-12-10-29)14-20(21)24(32)30(25)15-18-5-3-2-4-6-18/h2-8,13-14H,9-12,15-16H2,1H3,(H,27,28,31). The van der Waals surface area contributed by atoms with Crippen LogP contribution < -0.4 is 15.8 Å². The van der Waals surface area contributed by atoms with Crippen LogP contribution in [-0.2, 0) is 16.1 Å². The molecule has 9 nitrogen and oxygen atoms in total. The van der Waals surface area contributed by atoms with Gasteiger partial charge < -0.3 is 19.5 Å². The first kappa shape index (κ1) is 23.1. The van der Waals surface area contributed by atoms with E-state index >= 15 is 0 Å². The number of benzene rings is 2. The molecule has 5 rings (SSSR count). The van der Waals surface area contributed by atoms with Crippen molar-refractivity contribution in [2.75, 3.05) is 42.3 Å². The first-order chi connectivity index (χ1) is 17.1. The number of carbonyl (C=O) groups excluding carboxylic acids is 1. The third-order valence-electron chi connectivity index (χ3n) is 5.69. The number of rotatable bonds is 7. The summed E-state index contributed by atoms with van der Waals surface area (Å²) in [6.07, 6.45) is 0. The molecule has 1 aliphatic heterocycles. The number of amides is 1. The van der Waals surface area contributed by atoms with Crippen LogP contribution in [-0.4, -0.2) is 52.7 Å². The Labute approximate surface area is 206 Å². The van der Waals surface area contributed by atoms with Crippen LogP contribution in [0.2, 0.25) is 0 Å². The molecule has 1 fully saturated rings. The number of aryl methyl sites for hydroxylation is 1. The predicted octanol–water partition coefficient (Wildman–Crippen LogP) is 3.31. The quantitative estimate of drug-likeness (QED) is 0.310. The number of hydrogen-bond donors (Lipinski definition) is 1. The normalized spacial score (nSPS) is 13.8. The van der Waals surface area contributed by atoms with Gasteiger partial charge >= 0.3 is 0 Å². The van der Waals surface area contributed by atoms with E-state index in [0.29, 0.717) is 47.4 Å². The first-order valence-electron chi connectivity index (χ1n) is 11.3. The van der Waals surface area contributed by atoms with Crippen LogP contribution in [0.4, 0.5) is 11.5 Å². The molecule has 0 saturated carbocycles. The van der Waals surface area contributed by atoms with Gasteiger partial charge in [0.1, 0.15) is 5.76 Å². The maximum Gasteiger partial charge on any atom is 0.262 e. The van der Waals surface area contributed by atoms with Crippen molar-refractivity contribution in [3.8, 4) is 0 Å². The molecule has 3 heterocycles. The van der Waals surface area contributed by atoms with Gasteiger partial charge in [-0.25, -0.2) is 4.98 Å². The van der Waals surface area contributed by atoms with Crippen molar-refractivity contribution in [2.24, 2.45) is 0 Å². The van der Waals surface area contributed by atoms with Gasteiger partial charge in [0.15, 0.2) is 11.0 Å². The molecule has 0 unspecified atom stereocenters. The third-order valence-corrected chi connectivity index (χ3v) is 6.67. The van der Waals surface area contributed by atoms with E-state index in [-0.39, 0.29) is 17.2 Å². The van der Waals surface area contributed by atoms with E-state index in [1.54, 1.807) is 17.6 Å². The monoisotopic (exact) mass is 491 g/mol. The van der Waals surface area contributed by atoms with Crippen LogP contribution in [0.25, 0.3) is 10.9 Å². The highest BCUT2D eigenvalue weighted by Crippen LogP contribution is 2.24. The molecule has 1 saturated heterocycles. The van der Waals surface area contributed by atoms with Gasteiger partial charge in [0, 0.05) is 24.8 Å². The number of ether oxygens (including phenoxy) is 1. The second kappa shape index (κ2) is 10.3. The Morgan fingerprint density at radius 3 is 2.66 bits per heavy atom. The van der Waals surface area contributed by atoms with Crippen LogP contribution in [0.15, 0.2) is 69.1 Å². The number of anilines is 2. The number of hydrogen-bond acceptors (Lipinski definition) is 8. The highest BCUT2D eigenvalue weighted by Gasteiger charge is 2.17. The SMILES string of the molecule is Cc1cc(NC(=O)CSc2nc3ccc(N4CCOCC4)cc3c(=O)n2Cc2ccccc2)no1. The summed E-state index contributed by atoms with van der Waals surface area (Å²) in [7, 11) is 0. The molecule has 1 aliphatic rings. The number of nitrogens with zero attached hydrogens (tertiary/aromatic N) is 4. The highest BCUT2D eigenvalue weighted by molar-refractivity contribution is 7.99. The van der Waals surface area contributed by atoms with Gasteiger partial charge in [0.25, 0.3) is 5.56 Å². The molecule has 180 valence electrons. The molecule has 10 heteroatoms. The molecule has 2 aromatic carbocycles. The molecule has 1 N–H and O–H groups in total. The van der Waals surface area contributed by atoms with Crippen molar-refractivity contribution >= 4 is 40.1 Å². The first-order valence-corrected chi connectivity index (χ1v) is 12.3. The highest BCUT2D eigenvalue weighted by atomic mass is 32.2. The van der Waals surface area contributed by atoms with Crippen LogP contribution in [0, 0.1) is 6.92 Å². The van der Waals surface area contributed by atoms with Gasteiger partial charge in [-0.15, -0.1) is 0 Å². The van der Waals surface area contributed by atoms with E-state index in [1.807, 2.05) is 48.5 Å². The summed E-state index contributed by atoms with van der Waals surface area (Å²) in [5.74, 6) is 0.783. The van der Waals surface area contributed by atoms with E-state index in [0.717, 1.165) is 24.3 Å². The molecule has 4 aromatic rings.